The number of anilines is 1. The zero-order valence-electron chi connectivity index (χ0n) is 10.7. The molecule has 8 heteroatoms. The van der Waals surface area contributed by atoms with Crippen molar-refractivity contribution in [3.05, 3.63) is 65.2 Å². The van der Waals surface area contributed by atoms with Gasteiger partial charge in [0.05, 0.1) is 17.4 Å². The summed E-state index contributed by atoms with van der Waals surface area (Å²) >= 11 is 0. The number of amides is 1. The number of rotatable bonds is 3. The molecule has 0 aromatic carbocycles. The van der Waals surface area contributed by atoms with E-state index in [1.165, 1.54) is 41.9 Å². The number of nitrogens with zero attached hydrogens (tertiary/aromatic N) is 4. The Balaban J connectivity index is 1.74. The lowest BCUT2D eigenvalue weighted by Crippen LogP contribution is -2.14. The SMILES string of the molecule is O=C(Nc1ccc(-n2cncn2)nc1)c1ccc(=O)[nH]c1. The van der Waals surface area contributed by atoms with Gasteiger partial charge in [0, 0.05) is 12.3 Å². The van der Waals surface area contributed by atoms with Gasteiger partial charge in [0.2, 0.25) is 5.56 Å². The van der Waals surface area contributed by atoms with Gasteiger partial charge in [-0.2, -0.15) is 5.10 Å². The van der Waals surface area contributed by atoms with Crippen LogP contribution in [0.15, 0.2) is 54.1 Å². The van der Waals surface area contributed by atoms with Gasteiger partial charge in [-0.25, -0.2) is 14.6 Å². The normalized spacial score (nSPS) is 10.3. The van der Waals surface area contributed by atoms with Crippen LogP contribution in [0, 0.1) is 0 Å². The second-order valence-electron chi connectivity index (χ2n) is 4.14. The second kappa shape index (κ2) is 5.37. The van der Waals surface area contributed by atoms with Crippen LogP contribution in [0.3, 0.4) is 0 Å². The van der Waals surface area contributed by atoms with Crippen LogP contribution >= 0.6 is 0 Å². The first-order valence-electron chi connectivity index (χ1n) is 6.03. The van der Waals surface area contributed by atoms with E-state index < -0.39 is 0 Å². The minimum absolute atomic E-state index is 0.259. The zero-order valence-corrected chi connectivity index (χ0v) is 10.7. The van der Waals surface area contributed by atoms with E-state index in [0.29, 0.717) is 17.1 Å². The Morgan fingerprint density at radius 3 is 2.76 bits per heavy atom. The highest BCUT2D eigenvalue weighted by Crippen LogP contribution is 2.10. The van der Waals surface area contributed by atoms with Crippen molar-refractivity contribution in [3.8, 4) is 5.82 Å². The monoisotopic (exact) mass is 282 g/mol. The molecule has 21 heavy (non-hydrogen) atoms. The molecule has 0 saturated heterocycles. The lowest BCUT2D eigenvalue weighted by Gasteiger charge is -2.05. The summed E-state index contributed by atoms with van der Waals surface area (Å²) in [6.45, 7) is 0. The molecule has 0 unspecified atom stereocenters. The first kappa shape index (κ1) is 12.7. The molecule has 3 heterocycles. The van der Waals surface area contributed by atoms with Crippen LogP contribution in [0.1, 0.15) is 10.4 Å². The largest absolute Gasteiger partial charge is 0.328 e. The maximum Gasteiger partial charge on any atom is 0.257 e. The molecule has 0 aliphatic carbocycles. The van der Waals surface area contributed by atoms with E-state index in [-0.39, 0.29) is 11.5 Å². The molecule has 0 bridgehead atoms. The lowest BCUT2D eigenvalue weighted by molar-refractivity contribution is 0.102. The van der Waals surface area contributed by atoms with E-state index in [2.05, 4.69) is 25.4 Å². The van der Waals surface area contributed by atoms with E-state index in [1.54, 1.807) is 12.1 Å². The maximum atomic E-state index is 12.0. The minimum atomic E-state index is -0.332. The average molecular weight is 282 g/mol. The van der Waals surface area contributed by atoms with Gasteiger partial charge in [0.1, 0.15) is 12.7 Å². The van der Waals surface area contributed by atoms with E-state index in [0.717, 1.165) is 0 Å². The van der Waals surface area contributed by atoms with Crippen molar-refractivity contribution < 1.29 is 4.79 Å². The Hall–Kier alpha value is -3.29. The number of aromatic nitrogens is 5. The van der Waals surface area contributed by atoms with Crippen LogP contribution in [0.2, 0.25) is 0 Å². The molecule has 0 radical (unpaired) electrons. The number of H-pyrrole nitrogens is 1. The number of hydrogen-bond donors (Lipinski definition) is 2. The summed E-state index contributed by atoms with van der Waals surface area (Å²) in [6, 6.07) is 6.15. The van der Waals surface area contributed by atoms with Crippen LogP contribution in [0.25, 0.3) is 5.82 Å². The molecule has 1 amide bonds. The molecule has 0 aliphatic rings. The molecule has 3 rings (SSSR count). The second-order valence-corrected chi connectivity index (χ2v) is 4.14. The fourth-order valence-corrected chi connectivity index (χ4v) is 1.68. The smallest absolute Gasteiger partial charge is 0.257 e. The number of aromatic amines is 1. The Morgan fingerprint density at radius 2 is 2.14 bits per heavy atom. The molecule has 3 aromatic rings. The minimum Gasteiger partial charge on any atom is -0.328 e. The lowest BCUT2D eigenvalue weighted by atomic mass is 10.2. The third-order valence-corrected chi connectivity index (χ3v) is 2.71. The average Bonchev–Trinajstić information content (AvgIpc) is 3.03. The molecule has 0 saturated carbocycles. The third kappa shape index (κ3) is 2.84. The molecule has 0 fully saturated rings. The fraction of sp³-hybridized carbons (Fsp3) is 0. The number of hydrogen-bond acceptors (Lipinski definition) is 5. The Morgan fingerprint density at radius 1 is 1.24 bits per heavy atom. The van der Waals surface area contributed by atoms with Crippen molar-refractivity contribution in [2.24, 2.45) is 0 Å². The summed E-state index contributed by atoms with van der Waals surface area (Å²) in [5, 5.41) is 6.64. The highest BCUT2D eigenvalue weighted by atomic mass is 16.1. The van der Waals surface area contributed by atoms with E-state index in [9.17, 15) is 9.59 Å². The van der Waals surface area contributed by atoms with E-state index in [1.807, 2.05) is 0 Å². The molecule has 0 aliphatic heterocycles. The molecule has 3 aromatic heterocycles. The van der Waals surface area contributed by atoms with Gasteiger partial charge in [0.25, 0.3) is 5.91 Å². The predicted molar refractivity (Wildman–Crippen MR) is 74.2 cm³/mol. The van der Waals surface area contributed by atoms with Crippen molar-refractivity contribution in [2.75, 3.05) is 5.32 Å². The summed E-state index contributed by atoms with van der Waals surface area (Å²) in [5.41, 5.74) is 0.635. The topological polar surface area (TPSA) is 106 Å². The van der Waals surface area contributed by atoms with Crippen LogP contribution in [0.4, 0.5) is 5.69 Å². The molecule has 0 atom stereocenters. The molecular formula is C13H10N6O2. The van der Waals surface area contributed by atoms with Crippen molar-refractivity contribution in [2.45, 2.75) is 0 Å². The van der Waals surface area contributed by atoms with Gasteiger partial charge in [-0.3, -0.25) is 9.59 Å². The first-order valence-corrected chi connectivity index (χ1v) is 6.03. The molecule has 104 valence electrons. The molecule has 0 spiro atoms. The number of carbonyl (C=O) groups is 1. The summed E-state index contributed by atoms with van der Waals surface area (Å²) in [6.07, 6.45) is 5.81. The van der Waals surface area contributed by atoms with E-state index in [4.69, 9.17) is 0 Å². The third-order valence-electron chi connectivity index (χ3n) is 2.71. The quantitative estimate of drug-likeness (QED) is 0.732. The first-order chi connectivity index (χ1) is 10.2. The highest BCUT2D eigenvalue weighted by Gasteiger charge is 2.06. The van der Waals surface area contributed by atoms with Crippen LogP contribution < -0.4 is 10.9 Å². The van der Waals surface area contributed by atoms with Crippen LogP contribution in [-0.4, -0.2) is 30.6 Å². The summed E-state index contributed by atoms with van der Waals surface area (Å²) in [7, 11) is 0. The van der Waals surface area contributed by atoms with Crippen molar-refractivity contribution in [3.63, 3.8) is 0 Å². The van der Waals surface area contributed by atoms with Gasteiger partial charge in [-0.15, -0.1) is 0 Å². The predicted octanol–water partition coefficient (Wildman–Crippen LogP) is 0.603. The Kier molecular flexibility index (Phi) is 3.26. The highest BCUT2D eigenvalue weighted by molar-refractivity contribution is 6.03. The summed E-state index contributed by atoms with van der Waals surface area (Å²) < 4.78 is 1.51. The van der Waals surface area contributed by atoms with Gasteiger partial charge in [0.15, 0.2) is 5.82 Å². The number of pyridine rings is 2. The van der Waals surface area contributed by atoms with Crippen LogP contribution in [0.5, 0.6) is 0 Å². The molecule has 2 N–H and O–H groups in total. The molecule has 8 nitrogen and oxygen atoms in total. The van der Waals surface area contributed by atoms with Crippen molar-refractivity contribution >= 4 is 11.6 Å². The zero-order chi connectivity index (χ0) is 14.7. The van der Waals surface area contributed by atoms with E-state index >= 15 is 0 Å². The number of nitrogens with one attached hydrogen (secondary N) is 2. The fourth-order valence-electron chi connectivity index (χ4n) is 1.68. The summed E-state index contributed by atoms with van der Waals surface area (Å²) in [5.74, 6) is 0.260. The molecular weight excluding hydrogens is 272 g/mol. The summed E-state index contributed by atoms with van der Waals surface area (Å²) in [4.78, 5) is 33.3. The van der Waals surface area contributed by atoms with Crippen molar-refractivity contribution in [1.29, 1.82) is 0 Å². The van der Waals surface area contributed by atoms with Gasteiger partial charge >= 0.3 is 0 Å². The maximum absolute atomic E-state index is 12.0. The Bertz CT molecular complexity index is 787. The number of carbonyl (C=O) groups excluding carboxylic acids is 1. The van der Waals surface area contributed by atoms with Gasteiger partial charge in [-0.05, 0) is 18.2 Å². The van der Waals surface area contributed by atoms with Crippen LogP contribution in [-0.2, 0) is 0 Å². The van der Waals surface area contributed by atoms with Gasteiger partial charge in [-0.1, -0.05) is 0 Å². The van der Waals surface area contributed by atoms with Crippen molar-refractivity contribution in [1.82, 2.24) is 24.7 Å². The Labute approximate surface area is 118 Å². The van der Waals surface area contributed by atoms with Gasteiger partial charge < -0.3 is 10.3 Å². The standard InChI is InChI=1S/C13H10N6O2/c20-12-4-1-9(5-16-12)13(21)18-10-2-3-11(15-6-10)19-8-14-7-17-19/h1-8H,(H,16,20)(H,18,21).